The van der Waals surface area contributed by atoms with Crippen LogP contribution in [0.15, 0.2) is 30.7 Å². The van der Waals surface area contributed by atoms with E-state index in [2.05, 4.69) is 21.6 Å². The number of fused-ring (bicyclic) bond motifs is 1. The number of nitrogens with zero attached hydrogens (tertiary/aromatic N) is 3. The van der Waals surface area contributed by atoms with Crippen molar-refractivity contribution in [3.63, 3.8) is 0 Å². The van der Waals surface area contributed by atoms with Gasteiger partial charge in [-0.25, -0.2) is 4.68 Å². The Kier molecular flexibility index (Phi) is 1.99. The average molecular weight is 200 g/mol. The molecule has 4 nitrogen and oxygen atoms in total. The van der Waals surface area contributed by atoms with Crippen molar-refractivity contribution in [3.05, 3.63) is 42.0 Å². The van der Waals surface area contributed by atoms with E-state index in [1.165, 1.54) is 11.3 Å². The van der Waals surface area contributed by atoms with Gasteiger partial charge in [-0.2, -0.15) is 5.10 Å². The van der Waals surface area contributed by atoms with E-state index >= 15 is 0 Å². The third kappa shape index (κ3) is 1.53. The number of pyridine rings is 1. The molecule has 2 aromatic rings. The molecule has 2 aromatic heterocycles. The second kappa shape index (κ2) is 3.47. The Bertz CT molecular complexity index is 437. The third-order valence-corrected chi connectivity index (χ3v) is 2.64. The first-order valence-corrected chi connectivity index (χ1v) is 5.12. The predicted molar refractivity (Wildman–Crippen MR) is 56.8 cm³/mol. The first kappa shape index (κ1) is 8.61. The van der Waals surface area contributed by atoms with E-state index < -0.39 is 0 Å². The van der Waals surface area contributed by atoms with Crippen molar-refractivity contribution < 1.29 is 0 Å². The number of hydrogen-bond acceptors (Lipinski definition) is 3. The Morgan fingerprint density at radius 1 is 1.40 bits per heavy atom. The Hall–Kier alpha value is -1.68. The van der Waals surface area contributed by atoms with Crippen LogP contribution in [0.5, 0.6) is 0 Å². The minimum atomic E-state index is 0.926. The van der Waals surface area contributed by atoms with E-state index in [9.17, 15) is 0 Å². The molecule has 0 unspecified atom stereocenters. The SMILES string of the molecule is c1cncc(-n2cc3c(n2)CCNC3)c1. The van der Waals surface area contributed by atoms with Gasteiger partial charge in [-0.1, -0.05) is 0 Å². The lowest BCUT2D eigenvalue weighted by Gasteiger charge is -2.09. The van der Waals surface area contributed by atoms with Crippen molar-refractivity contribution in [3.8, 4) is 5.69 Å². The van der Waals surface area contributed by atoms with Crippen LogP contribution in [0.2, 0.25) is 0 Å². The lowest BCUT2D eigenvalue weighted by molar-refractivity contribution is 0.635. The molecular weight excluding hydrogens is 188 g/mol. The Morgan fingerprint density at radius 2 is 2.40 bits per heavy atom. The highest BCUT2D eigenvalue weighted by Gasteiger charge is 2.13. The highest BCUT2D eigenvalue weighted by molar-refractivity contribution is 5.30. The minimum Gasteiger partial charge on any atom is -0.312 e. The molecule has 0 aliphatic carbocycles. The highest BCUT2D eigenvalue weighted by atomic mass is 15.3. The molecule has 1 aliphatic rings. The first-order valence-electron chi connectivity index (χ1n) is 5.12. The van der Waals surface area contributed by atoms with Gasteiger partial charge in [-0.3, -0.25) is 4.98 Å². The van der Waals surface area contributed by atoms with Crippen molar-refractivity contribution in [2.75, 3.05) is 6.54 Å². The summed E-state index contributed by atoms with van der Waals surface area (Å²) in [6.45, 7) is 1.95. The van der Waals surface area contributed by atoms with Crippen LogP contribution in [0, 0.1) is 0 Å². The molecule has 0 saturated heterocycles. The summed E-state index contributed by atoms with van der Waals surface area (Å²) < 4.78 is 1.91. The zero-order chi connectivity index (χ0) is 10.1. The number of hydrogen-bond donors (Lipinski definition) is 1. The van der Waals surface area contributed by atoms with Crippen LogP contribution in [0.4, 0.5) is 0 Å². The molecule has 1 N–H and O–H groups in total. The lowest BCUT2D eigenvalue weighted by Crippen LogP contribution is -2.22. The maximum Gasteiger partial charge on any atom is 0.0828 e. The Labute approximate surface area is 88.0 Å². The first-order chi connectivity index (χ1) is 7.43. The van der Waals surface area contributed by atoms with Gasteiger partial charge in [0.2, 0.25) is 0 Å². The summed E-state index contributed by atoms with van der Waals surface area (Å²) >= 11 is 0. The zero-order valence-corrected chi connectivity index (χ0v) is 8.35. The molecule has 0 bridgehead atoms. The topological polar surface area (TPSA) is 42.7 Å². The van der Waals surface area contributed by atoms with Crippen molar-refractivity contribution in [2.24, 2.45) is 0 Å². The summed E-state index contributed by atoms with van der Waals surface area (Å²) in [6.07, 6.45) is 6.70. The van der Waals surface area contributed by atoms with Crippen molar-refractivity contribution in [2.45, 2.75) is 13.0 Å². The van der Waals surface area contributed by atoms with Gasteiger partial charge < -0.3 is 5.32 Å². The molecule has 0 radical (unpaired) electrons. The van der Waals surface area contributed by atoms with Crippen LogP contribution < -0.4 is 5.32 Å². The van der Waals surface area contributed by atoms with E-state index in [1.54, 1.807) is 6.20 Å². The number of aromatic nitrogens is 3. The van der Waals surface area contributed by atoms with E-state index in [0.29, 0.717) is 0 Å². The monoisotopic (exact) mass is 200 g/mol. The molecule has 15 heavy (non-hydrogen) atoms. The van der Waals surface area contributed by atoms with Crippen LogP contribution >= 0.6 is 0 Å². The second-order valence-electron chi connectivity index (χ2n) is 3.68. The highest BCUT2D eigenvalue weighted by Crippen LogP contribution is 2.14. The van der Waals surface area contributed by atoms with Gasteiger partial charge in [0.15, 0.2) is 0 Å². The smallest absolute Gasteiger partial charge is 0.0828 e. The molecule has 0 amide bonds. The largest absolute Gasteiger partial charge is 0.312 e. The van der Waals surface area contributed by atoms with E-state index in [0.717, 1.165) is 25.2 Å². The lowest BCUT2D eigenvalue weighted by atomic mass is 10.1. The molecular formula is C11H12N4. The summed E-state index contributed by atoms with van der Waals surface area (Å²) in [6, 6.07) is 3.94. The van der Waals surface area contributed by atoms with E-state index in [4.69, 9.17) is 0 Å². The third-order valence-electron chi connectivity index (χ3n) is 2.64. The number of nitrogens with one attached hydrogen (secondary N) is 1. The van der Waals surface area contributed by atoms with Crippen molar-refractivity contribution in [1.82, 2.24) is 20.1 Å². The fourth-order valence-corrected chi connectivity index (χ4v) is 1.85. The van der Waals surface area contributed by atoms with Gasteiger partial charge in [-0.05, 0) is 12.1 Å². The van der Waals surface area contributed by atoms with Crippen LogP contribution in [0.1, 0.15) is 11.3 Å². The fourth-order valence-electron chi connectivity index (χ4n) is 1.85. The molecule has 4 heteroatoms. The van der Waals surface area contributed by atoms with Gasteiger partial charge >= 0.3 is 0 Å². The normalized spacial score (nSPS) is 14.9. The van der Waals surface area contributed by atoms with E-state index in [-0.39, 0.29) is 0 Å². The summed E-state index contributed by atoms with van der Waals surface area (Å²) in [4.78, 5) is 4.09. The average Bonchev–Trinajstić information content (AvgIpc) is 2.74. The fraction of sp³-hybridized carbons (Fsp3) is 0.273. The molecule has 0 spiro atoms. The van der Waals surface area contributed by atoms with Gasteiger partial charge in [-0.15, -0.1) is 0 Å². The zero-order valence-electron chi connectivity index (χ0n) is 8.35. The maximum atomic E-state index is 4.56. The van der Waals surface area contributed by atoms with Gasteiger partial charge in [0, 0.05) is 37.5 Å². The van der Waals surface area contributed by atoms with Crippen LogP contribution in [0.3, 0.4) is 0 Å². The Balaban J connectivity index is 2.03. The molecule has 1 aliphatic heterocycles. The summed E-state index contributed by atoms with van der Waals surface area (Å²) in [5.41, 5.74) is 3.52. The predicted octanol–water partition coefficient (Wildman–Crippen LogP) is 0.913. The summed E-state index contributed by atoms with van der Waals surface area (Å²) in [7, 11) is 0. The molecule has 3 rings (SSSR count). The molecule has 0 atom stereocenters. The second-order valence-corrected chi connectivity index (χ2v) is 3.68. The van der Waals surface area contributed by atoms with Gasteiger partial charge in [0.25, 0.3) is 0 Å². The van der Waals surface area contributed by atoms with Crippen LogP contribution in [-0.4, -0.2) is 21.3 Å². The van der Waals surface area contributed by atoms with E-state index in [1.807, 2.05) is 23.0 Å². The molecule has 0 fully saturated rings. The molecule has 3 heterocycles. The van der Waals surface area contributed by atoms with Gasteiger partial charge in [0.05, 0.1) is 17.6 Å². The van der Waals surface area contributed by atoms with Crippen LogP contribution in [-0.2, 0) is 13.0 Å². The molecule has 76 valence electrons. The summed E-state index contributed by atoms with van der Waals surface area (Å²) in [5.74, 6) is 0. The number of rotatable bonds is 1. The Morgan fingerprint density at radius 3 is 3.20 bits per heavy atom. The molecule has 0 saturated carbocycles. The standard InChI is InChI=1S/C11H12N4/c1-2-10(7-12-4-1)15-8-9-6-13-5-3-11(9)14-15/h1-2,4,7-8,13H,3,5-6H2. The van der Waals surface area contributed by atoms with Gasteiger partial charge in [0.1, 0.15) is 0 Å². The van der Waals surface area contributed by atoms with Crippen molar-refractivity contribution >= 4 is 0 Å². The summed E-state index contributed by atoms with van der Waals surface area (Å²) in [5, 5.41) is 7.89. The van der Waals surface area contributed by atoms with Crippen molar-refractivity contribution in [1.29, 1.82) is 0 Å². The maximum absolute atomic E-state index is 4.56. The minimum absolute atomic E-state index is 0.926. The molecule has 0 aromatic carbocycles. The van der Waals surface area contributed by atoms with Crippen LogP contribution in [0.25, 0.3) is 5.69 Å². The quantitative estimate of drug-likeness (QED) is 0.744.